The van der Waals surface area contributed by atoms with Crippen molar-refractivity contribution in [2.24, 2.45) is 0 Å². The van der Waals surface area contributed by atoms with E-state index in [0.29, 0.717) is 17.1 Å². The second kappa shape index (κ2) is 13.4. The summed E-state index contributed by atoms with van der Waals surface area (Å²) in [6.07, 6.45) is 0. The fourth-order valence-electron chi connectivity index (χ4n) is 9.93. The molecule has 0 aliphatic heterocycles. The van der Waals surface area contributed by atoms with E-state index in [9.17, 15) is 0 Å². The van der Waals surface area contributed by atoms with Gasteiger partial charge >= 0.3 is 0 Å². The largest absolute Gasteiger partial charge is 0.456 e. The minimum absolute atomic E-state index is 0.584. The van der Waals surface area contributed by atoms with E-state index in [1.807, 2.05) is 54.6 Å². The molecule has 0 atom stereocenters. The molecule has 0 radical (unpaired) electrons. The van der Waals surface area contributed by atoms with E-state index in [1.54, 1.807) is 0 Å². The van der Waals surface area contributed by atoms with Crippen molar-refractivity contribution in [1.29, 1.82) is 0 Å². The smallest absolute Gasteiger partial charge is 0.180 e. The number of furan rings is 3. The summed E-state index contributed by atoms with van der Waals surface area (Å²) in [5, 5.41) is 7.27. The lowest BCUT2D eigenvalue weighted by Crippen LogP contribution is -1.95. The number of fused-ring (bicyclic) bond motifs is 12. The number of hydrogen-bond acceptors (Lipinski definition) is 5. The van der Waals surface area contributed by atoms with Gasteiger partial charge < -0.3 is 17.8 Å². The van der Waals surface area contributed by atoms with Crippen LogP contribution >= 0.6 is 0 Å². The van der Waals surface area contributed by atoms with Crippen LogP contribution in [0.15, 0.2) is 213 Å². The molecule has 0 aliphatic carbocycles. The van der Waals surface area contributed by atoms with Crippen molar-refractivity contribution in [3.63, 3.8) is 0 Å². The molecule has 0 amide bonds. The van der Waals surface area contributed by atoms with Crippen molar-refractivity contribution < 1.29 is 13.3 Å². The molecule has 5 heterocycles. The van der Waals surface area contributed by atoms with E-state index >= 15 is 0 Å². The predicted octanol–water partition coefficient (Wildman–Crippen LogP) is 15.9. The van der Waals surface area contributed by atoms with Crippen molar-refractivity contribution in [2.75, 3.05) is 0 Å². The van der Waals surface area contributed by atoms with E-state index in [1.165, 1.54) is 16.3 Å². The van der Waals surface area contributed by atoms with Crippen LogP contribution in [-0.4, -0.2) is 14.5 Å². The Balaban J connectivity index is 1.01. The van der Waals surface area contributed by atoms with Crippen molar-refractivity contribution in [3.05, 3.63) is 200 Å². The molecule has 0 bridgehead atoms. The molecule has 6 heteroatoms. The second-order valence-electron chi connectivity index (χ2n) is 16.4. The molecule has 0 aliphatic rings. The highest BCUT2D eigenvalue weighted by Gasteiger charge is 2.24. The normalized spacial score (nSPS) is 12.1. The van der Waals surface area contributed by atoms with Crippen LogP contribution in [0.3, 0.4) is 0 Å². The van der Waals surface area contributed by atoms with Crippen LogP contribution in [0.5, 0.6) is 0 Å². The van der Waals surface area contributed by atoms with Gasteiger partial charge in [0.1, 0.15) is 39.1 Å². The molecule has 14 aromatic rings. The highest BCUT2D eigenvalue weighted by atomic mass is 16.3. The third-order valence-corrected chi connectivity index (χ3v) is 12.8. The SMILES string of the molecule is c1ccc(-c2ccc3oc4c(-c5cccc6oc7ccc(-c8ccc9c(c8)c8ccccc8n9-c8ccccc8)cc7c56)nc(-c5cccc6oc7ccccc7c56)nc4c3c2)cc1. The third kappa shape index (κ3) is 5.14. The van der Waals surface area contributed by atoms with Gasteiger partial charge in [0.15, 0.2) is 11.4 Å². The van der Waals surface area contributed by atoms with E-state index in [-0.39, 0.29) is 0 Å². The Labute approximate surface area is 364 Å². The second-order valence-corrected chi connectivity index (χ2v) is 16.4. The lowest BCUT2D eigenvalue weighted by molar-refractivity contribution is 0.667. The fourth-order valence-corrected chi connectivity index (χ4v) is 9.93. The van der Waals surface area contributed by atoms with Gasteiger partial charge in [0.25, 0.3) is 0 Å². The summed E-state index contributed by atoms with van der Waals surface area (Å²) >= 11 is 0. The predicted molar refractivity (Wildman–Crippen MR) is 260 cm³/mol. The Kier molecular flexibility index (Phi) is 7.30. The van der Waals surface area contributed by atoms with Gasteiger partial charge in [0.05, 0.1) is 11.0 Å². The maximum Gasteiger partial charge on any atom is 0.180 e. The van der Waals surface area contributed by atoms with Gasteiger partial charge in [-0.1, -0.05) is 127 Å². The molecule has 64 heavy (non-hydrogen) atoms. The van der Waals surface area contributed by atoms with Crippen LogP contribution < -0.4 is 0 Å². The molecule has 9 aromatic carbocycles. The third-order valence-electron chi connectivity index (χ3n) is 12.8. The summed E-state index contributed by atoms with van der Waals surface area (Å²) in [5.74, 6) is 0.584. The van der Waals surface area contributed by atoms with Crippen molar-refractivity contribution in [3.8, 4) is 50.6 Å². The molecule has 0 fully saturated rings. The number of aromatic nitrogens is 3. The summed E-state index contributed by atoms with van der Waals surface area (Å²) in [6, 6.07) is 69.7. The maximum absolute atomic E-state index is 6.83. The molecule has 0 saturated carbocycles. The van der Waals surface area contributed by atoms with Crippen LogP contribution in [0, 0.1) is 0 Å². The Bertz CT molecular complexity index is 4190. The summed E-state index contributed by atoms with van der Waals surface area (Å²) in [7, 11) is 0. The average molecular weight is 820 g/mol. The highest BCUT2D eigenvalue weighted by molar-refractivity contribution is 6.18. The summed E-state index contributed by atoms with van der Waals surface area (Å²) < 4.78 is 22.2. The zero-order valence-electron chi connectivity index (χ0n) is 34.1. The monoisotopic (exact) mass is 819 g/mol. The first-order valence-corrected chi connectivity index (χ1v) is 21.5. The summed E-state index contributed by atoms with van der Waals surface area (Å²) in [4.78, 5) is 10.8. The van der Waals surface area contributed by atoms with E-state index in [4.69, 9.17) is 23.2 Å². The van der Waals surface area contributed by atoms with Gasteiger partial charge in [0.2, 0.25) is 0 Å². The van der Waals surface area contributed by atoms with Gasteiger partial charge in [0, 0.05) is 54.5 Å². The molecule has 298 valence electrons. The molecule has 14 rings (SSSR count). The number of hydrogen-bond donors (Lipinski definition) is 0. The molecule has 6 nitrogen and oxygen atoms in total. The first-order valence-electron chi connectivity index (χ1n) is 21.5. The maximum atomic E-state index is 6.83. The summed E-state index contributed by atoms with van der Waals surface area (Å²) in [6.45, 7) is 0. The number of rotatable bonds is 5. The van der Waals surface area contributed by atoms with Gasteiger partial charge in [-0.3, -0.25) is 0 Å². The van der Waals surface area contributed by atoms with Crippen molar-refractivity contribution >= 4 is 87.8 Å². The minimum Gasteiger partial charge on any atom is -0.456 e. The molecule has 0 spiro atoms. The molecule has 0 unspecified atom stereocenters. The van der Waals surface area contributed by atoms with Crippen molar-refractivity contribution in [1.82, 2.24) is 14.5 Å². The zero-order valence-corrected chi connectivity index (χ0v) is 34.1. The van der Waals surface area contributed by atoms with Gasteiger partial charge in [-0.15, -0.1) is 0 Å². The van der Waals surface area contributed by atoms with Crippen molar-refractivity contribution in [2.45, 2.75) is 0 Å². The number of benzene rings is 9. The minimum atomic E-state index is 0.584. The van der Waals surface area contributed by atoms with E-state index in [2.05, 4.69) is 150 Å². The van der Waals surface area contributed by atoms with Gasteiger partial charge in [-0.2, -0.15) is 0 Å². The Morgan fingerprint density at radius 1 is 0.344 bits per heavy atom. The van der Waals surface area contributed by atoms with Crippen LogP contribution in [0.25, 0.3) is 138 Å². The summed E-state index contributed by atoms with van der Waals surface area (Å²) in [5.41, 5.74) is 15.6. The molecule has 0 N–H and O–H groups in total. The van der Waals surface area contributed by atoms with Crippen LogP contribution in [0.4, 0.5) is 0 Å². The number of nitrogens with zero attached hydrogens (tertiary/aromatic N) is 3. The fraction of sp³-hybridized carbons (Fsp3) is 0. The Morgan fingerprint density at radius 2 is 0.906 bits per heavy atom. The topological polar surface area (TPSA) is 70.1 Å². The molecule has 5 aromatic heterocycles. The van der Waals surface area contributed by atoms with E-state index in [0.717, 1.165) is 105 Å². The highest BCUT2D eigenvalue weighted by Crippen LogP contribution is 2.45. The molecule has 0 saturated heterocycles. The first-order chi connectivity index (χ1) is 31.7. The zero-order chi connectivity index (χ0) is 41.9. The Hall–Kier alpha value is -8.74. The Morgan fingerprint density at radius 3 is 1.70 bits per heavy atom. The van der Waals surface area contributed by atoms with E-state index < -0.39 is 0 Å². The van der Waals surface area contributed by atoms with Crippen LogP contribution in [0.1, 0.15) is 0 Å². The van der Waals surface area contributed by atoms with Gasteiger partial charge in [-0.05, 0) is 95.1 Å². The number of para-hydroxylation sites is 3. The molecular weight excluding hydrogens is 787 g/mol. The molecular formula is C58H33N3O3. The average Bonchev–Trinajstić information content (AvgIpc) is 4.12. The first kappa shape index (κ1) is 34.9. The lowest BCUT2D eigenvalue weighted by Gasteiger charge is -2.09. The van der Waals surface area contributed by atoms with Gasteiger partial charge in [-0.25, -0.2) is 9.97 Å². The van der Waals surface area contributed by atoms with Crippen LogP contribution in [0.2, 0.25) is 0 Å². The lowest BCUT2D eigenvalue weighted by atomic mass is 9.98. The van der Waals surface area contributed by atoms with Crippen LogP contribution in [-0.2, 0) is 0 Å². The quantitative estimate of drug-likeness (QED) is 0.173. The standard InChI is InChI=1S/C58H33N3O3/c1-3-13-34(14-4-1)35-26-30-50-45(33-35)56-57(64-50)55(59-58(60-56)42-20-12-24-51-53(42)40-18-8-10-22-48(40)62-51)41-19-11-23-52-54(41)44-32-37(27-29-49(44)63-52)36-25-28-47-43(31-36)39-17-7-9-21-46(39)61(47)38-15-5-2-6-16-38/h1-33H.